The molecule has 11 heteroatoms. The van der Waals surface area contributed by atoms with Crippen LogP contribution in [0.25, 0.3) is 16.9 Å². The van der Waals surface area contributed by atoms with Gasteiger partial charge >= 0.3 is 0 Å². The summed E-state index contributed by atoms with van der Waals surface area (Å²) in [6.45, 7) is 11.3. The molecule has 1 aliphatic rings. The first-order chi connectivity index (χ1) is 16.3. The standard InChI is InChI=1S/C23H32N6O4S.CH4/c1-5-8-20-24-16(4)21-23(30)25-22(26-29(20)21)18-15-17(9-10-19(18)33-7-3)34(31,32)28-13-11-27(6-2)12-14-28;/h9-10,15H,5-8,11-14H2,1-4H3,(H,25,26,30);1H4. The van der Waals surface area contributed by atoms with E-state index in [4.69, 9.17) is 4.74 Å². The van der Waals surface area contributed by atoms with Crippen molar-refractivity contribution in [3.8, 4) is 17.1 Å². The minimum atomic E-state index is -3.71. The van der Waals surface area contributed by atoms with Gasteiger partial charge in [-0.15, -0.1) is 5.10 Å². The number of aromatic amines is 1. The Labute approximate surface area is 207 Å². The lowest BCUT2D eigenvalue weighted by atomic mass is 10.2. The van der Waals surface area contributed by atoms with Gasteiger partial charge in [-0.1, -0.05) is 21.3 Å². The van der Waals surface area contributed by atoms with Crippen LogP contribution in [0.15, 0.2) is 27.9 Å². The van der Waals surface area contributed by atoms with Crippen molar-refractivity contribution < 1.29 is 13.2 Å². The largest absolute Gasteiger partial charge is 0.493 e. The van der Waals surface area contributed by atoms with Crippen LogP contribution in [-0.4, -0.2) is 76.5 Å². The van der Waals surface area contributed by atoms with E-state index in [1.54, 1.807) is 29.6 Å². The Morgan fingerprint density at radius 3 is 2.46 bits per heavy atom. The van der Waals surface area contributed by atoms with E-state index in [2.05, 4.69) is 26.9 Å². The molecule has 3 heterocycles. The van der Waals surface area contributed by atoms with Crippen molar-refractivity contribution in [2.24, 2.45) is 0 Å². The highest BCUT2D eigenvalue weighted by Crippen LogP contribution is 2.31. The molecule has 0 saturated carbocycles. The zero-order chi connectivity index (χ0) is 24.5. The molecule has 35 heavy (non-hydrogen) atoms. The number of H-pyrrole nitrogens is 1. The zero-order valence-electron chi connectivity index (χ0n) is 20.2. The number of nitrogens with one attached hydrogen (secondary N) is 1. The molecule has 0 radical (unpaired) electrons. The fraction of sp³-hybridized carbons (Fsp3) is 0.542. The zero-order valence-corrected chi connectivity index (χ0v) is 21.0. The number of nitrogens with zero attached hydrogens (tertiary/aromatic N) is 5. The number of fused-ring (bicyclic) bond motifs is 1. The summed E-state index contributed by atoms with van der Waals surface area (Å²) in [5.74, 6) is 1.38. The summed E-state index contributed by atoms with van der Waals surface area (Å²) < 4.78 is 35.7. The fourth-order valence-electron chi connectivity index (χ4n) is 4.31. The summed E-state index contributed by atoms with van der Waals surface area (Å²) in [6.07, 6.45) is 1.52. The summed E-state index contributed by atoms with van der Waals surface area (Å²) >= 11 is 0. The molecule has 0 bridgehead atoms. The van der Waals surface area contributed by atoms with E-state index in [-0.39, 0.29) is 23.7 Å². The minimum Gasteiger partial charge on any atom is -0.493 e. The molecule has 1 N–H and O–H groups in total. The Balaban J connectivity index is 0.00000342. The van der Waals surface area contributed by atoms with Gasteiger partial charge in [-0.05, 0) is 45.0 Å². The number of aromatic nitrogens is 4. The molecular formula is C24H36N6O4S. The molecule has 10 nitrogen and oxygen atoms in total. The number of piperazine rings is 1. The highest BCUT2D eigenvalue weighted by atomic mass is 32.2. The van der Waals surface area contributed by atoms with Crippen molar-refractivity contribution in [3.63, 3.8) is 0 Å². The van der Waals surface area contributed by atoms with Crippen molar-refractivity contribution >= 4 is 15.5 Å². The second-order valence-electron chi connectivity index (χ2n) is 8.36. The van der Waals surface area contributed by atoms with Gasteiger partial charge in [0, 0.05) is 32.6 Å². The Hall–Kier alpha value is -2.76. The minimum absolute atomic E-state index is 0. The van der Waals surface area contributed by atoms with E-state index >= 15 is 0 Å². The Morgan fingerprint density at radius 2 is 1.83 bits per heavy atom. The number of rotatable bonds is 8. The third kappa shape index (κ3) is 5.12. The first kappa shape index (κ1) is 26.8. The van der Waals surface area contributed by atoms with Crippen LogP contribution < -0.4 is 10.3 Å². The van der Waals surface area contributed by atoms with Crippen LogP contribution >= 0.6 is 0 Å². The smallest absolute Gasteiger partial charge is 0.277 e. The molecule has 3 aromatic rings. The molecular weight excluding hydrogens is 468 g/mol. The monoisotopic (exact) mass is 504 g/mol. The summed E-state index contributed by atoms with van der Waals surface area (Å²) in [6, 6.07) is 4.72. The normalized spacial score (nSPS) is 15.3. The Morgan fingerprint density at radius 1 is 1.11 bits per heavy atom. The molecule has 0 unspecified atom stereocenters. The summed E-state index contributed by atoms with van der Waals surface area (Å²) in [7, 11) is -3.71. The number of benzene rings is 1. The van der Waals surface area contributed by atoms with Crippen molar-refractivity contribution in [2.45, 2.75) is 52.9 Å². The number of hydrogen-bond acceptors (Lipinski definition) is 7. The first-order valence-electron chi connectivity index (χ1n) is 11.8. The van der Waals surface area contributed by atoms with Crippen molar-refractivity contribution in [1.29, 1.82) is 0 Å². The molecule has 4 rings (SSSR count). The third-order valence-electron chi connectivity index (χ3n) is 6.14. The van der Waals surface area contributed by atoms with Crippen molar-refractivity contribution in [1.82, 2.24) is 28.8 Å². The van der Waals surface area contributed by atoms with Gasteiger partial charge in [-0.3, -0.25) is 4.79 Å². The Kier molecular flexibility index (Phi) is 8.34. The average Bonchev–Trinajstić information content (AvgIpc) is 3.15. The van der Waals surface area contributed by atoms with Crippen LogP contribution in [0.3, 0.4) is 0 Å². The van der Waals surface area contributed by atoms with Gasteiger partial charge in [-0.2, -0.15) is 4.31 Å². The number of likely N-dealkylation sites (N-methyl/N-ethyl adjacent to an activating group) is 1. The van der Waals surface area contributed by atoms with E-state index in [1.165, 1.54) is 4.31 Å². The second kappa shape index (κ2) is 10.9. The molecule has 1 saturated heterocycles. The van der Waals surface area contributed by atoms with Gasteiger partial charge in [0.05, 0.1) is 22.8 Å². The predicted molar refractivity (Wildman–Crippen MR) is 137 cm³/mol. The van der Waals surface area contributed by atoms with Crippen LogP contribution in [-0.2, 0) is 16.4 Å². The number of ether oxygens (including phenoxy) is 1. The highest BCUT2D eigenvalue weighted by molar-refractivity contribution is 7.89. The van der Waals surface area contributed by atoms with Crippen LogP contribution in [0.1, 0.15) is 46.1 Å². The maximum absolute atomic E-state index is 13.4. The fourth-order valence-corrected chi connectivity index (χ4v) is 5.76. The number of imidazole rings is 1. The van der Waals surface area contributed by atoms with Crippen molar-refractivity contribution in [3.05, 3.63) is 40.1 Å². The summed E-state index contributed by atoms with van der Waals surface area (Å²) in [4.78, 5) is 22.6. The van der Waals surface area contributed by atoms with E-state index in [9.17, 15) is 13.2 Å². The maximum Gasteiger partial charge on any atom is 0.277 e. The van der Waals surface area contributed by atoms with Crippen LogP contribution in [0.5, 0.6) is 5.75 Å². The molecule has 0 atom stereocenters. The number of aryl methyl sites for hydroxylation is 2. The quantitative estimate of drug-likeness (QED) is 0.502. The topological polar surface area (TPSA) is 113 Å². The summed E-state index contributed by atoms with van der Waals surface area (Å²) in [5, 5.41) is 4.65. The first-order valence-corrected chi connectivity index (χ1v) is 13.2. The molecule has 0 amide bonds. The SMILES string of the molecule is C.CCCc1nc(C)c2c(=O)[nH]c(-c3cc(S(=O)(=O)N4CCN(CC)CC4)ccc3OCC)nn12. The van der Waals surface area contributed by atoms with E-state index in [0.717, 1.165) is 13.0 Å². The molecule has 0 spiro atoms. The van der Waals surface area contributed by atoms with E-state index in [1.807, 2.05) is 13.8 Å². The molecule has 1 aromatic carbocycles. The average molecular weight is 505 g/mol. The predicted octanol–water partition coefficient (Wildman–Crippen LogP) is 2.71. The maximum atomic E-state index is 13.4. The van der Waals surface area contributed by atoms with E-state index < -0.39 is 10.0 Å². The lowest BCUT2D eigenvalue weighted by Crippen LogP contribution is -2.48. The molecule has 192 valence electrons. The summed E-state index contributed by atoms with van der Waals surface area (Å²) in [5.41, 5.74) is 1.09. The molecule has 0 aliphatic carbocycles. The van der Waals surface area contributed by atoms with Crippen LogP contribution in [0, 0.1) is 6.92 Å². The lowest BCUT2D eigenvalue weighted by Gasteiger charge is -2.33. The highest BCUT2D eigenvalue weighted by Gasteiger charge is 2.29. The molecule has 1 aliphatic heterocycles. The Bertz CT molecular complexity index is 1340. The van der Waals surface area contributed by atoms with Gasteiger partial charge in [0.2, 0.25) is 10.0 Å². The molecule has 1 fully saturated rings. The van der Waals surface area contributed by atoms with E-state index in [0.29, 0.717) is 67.6 Å². The molecule has 2 aromatic heterocycles. The van der Waals surface area contributed by atoms with Crippen LogP contribution in [0.4, 0.5) is 0 Å². The number of sulfonamides is 1. The van der Waals surface area contributed by atoms with Crippen molar-refractivity contribution in [2.75, 3.05) is 39.3 Å². The van der Waals surface area contributed by atoms with Gasteiger partial charge < -0.3 is 14.6 Å². The van der Waals surface area contributed by atoms with Gasteiger partial charge in [-0.25, -0.2) is 17.9 Å². The number of hydrogen-bond donors (Lipinski definition) is 1. The van der Waals surface area contributed by atoms with Gasteiger partial charge in [0.25, 0.3) is 5.56 Å². The van der Waals surface area contributed by atoms with Crippen LogP contribution in [0.2, 0.25) is 0 Å². The van der Waals surface area contributed by atoms with Gasteiger partial charge in [0.1, 0.15) is 11.6 Å². The van der Waals surface area contributed by atoms with Gasteiger partial charge in [0.15, 0.2) is 11.3 Å². The second-order valence-corrected chi connectivity index (χ2v) is 10.3. The third-order valence-corrected chi connectivity index (χ3v) is 8.03. The lowest BCUT2D eigenvalue weighted by molar-refractivity contribution is 0.196.